The maximum atomic E-state index is 11.0. The molecule has 66 valence electrons. The average molecular weight is 162 g/mol. The van der Waals surface area contributed by atoms with Gasteiger partial charge in [-0.25, -0.2) is 5.06 Å². The molecule has 11 heavy (non-hydrogen) atoms. The largest absolute Gasteiger partial charge is 0.391 e. The number of aliphatic hydroxyl groups is 1. The van der Waals surface area contributed by atoms with Crippen molar-refractivity contribution in [3.8, 4) is 0 Å². The number of aliphatic hydroxyl groups excluding tert-OH is 1. The van der Waals surface area contributed by atoms with Crippen LogP contribution in [0, 0.1) is 0 Å². The average Bonchev–Trinajstić information content (AvgIpc) is 2.00. The van der Waals surface area contributed by atoms with Crippen LogP contribution in [0.4, 0.5) is 0 Å². The molecule has 0 bridgehead atoms. The van der Waals surface area contributed by atoms with Gasteiger partial charge in [-0.15, -0.1) is 0 Å². The van der Waals surface area contributed by atoms with E-state index in [2.05, 4.69) is 4.84 Å². The van der Waals surface area contributed by atoms with E-state index >= 15 is 0 Å². The Kier molecular flexibility index (Phi) is 4.02. The lowest BCUT2D eigenvalue weighted by Crippen LogP contribution is -2.47. The summed E-state index contributed by atoms with van der Waals surface area (Å²) in [6.45, 7) is 1.45. The monoisotopic (exact) mass is 162 g/mol. The van der Waals surface area contributed by atoms with Crippen molar-refractivity contribution in [2.45, 2.75) is 19.1 Å². The molecule has 0 radical (unpaired) electrons. The number of likely N-dealkylation sites (N-methyl/N-ethyl adjacent to an activating group) is 1. The lowest BCUT2D eigenvalue weighted by molar-refractivity contribution is -0.172. The number of hydrogen-bond donors (Lipinski definition) is 2. The number of carbonyl (C=O) groups excluding carboxylic acids is 1. The lowest BCUT2D eigenvalue weighted by Gasteiger charge is -2.19. The molecule has 0 saturated carbocycles. The van der Waals surface area contributed by atoms with Gasteiger partial charge >= 0.3 is 0 Å². The number of hydroxylamine groups is 2. The molecule has 3 N–H and O–H groups in total. The third-order valence-corrected chi connectivity index (χ3v) is 1.39. The van der Waals surface area contributed by atoms with E-state index < -0.39 is 18.1 Å². The van der Waals surface area contributed by atoms with Crippen molar-refractivity contribution >= 4 is 5.91 Å². The molecule has 2 atom stereocenters. The fourth-order valence-corrected chi connectivity index (χ4v) is 0.506. The zero-order valence-corrected chi connectivity index (χ0v) is 6.94. The van der Waals surface area contributed by atoms with Crippen molar-refractivity contribution in [3.63, 3.8) is 0 Å². The highest BCUT2D eigenvalue weighted by molar-refractivity contribution is 5.80. The zero-order chi connectivity index (χ0) is 9.02. The van der Waals surface area contributed by atoms with Crippen LogP contribution in [0.2, 0.25) is 0 Å². The molecular weight excluding hydrogens is 148 g/mol. The molecular formula is C6H14N2O3. The van der Waals surface area contributed by atoms with Gasteiger partial charge in [0.1, 0.15) is 6.04 Å². The highest BCUT2D eigenvalue weighted by atomic mass is 16.7. The molecule has 0 saturated heterocycles. The minimum Gasteiger partial charge on any atom is -0.391 e. The summed E-state index contributed by atoms with van der Waals surface area (Å²) >= 11 is 0. The molecule has 1 amide bonds. The summed E-state index contributed by atoms with van der Waals surface area (Å²) in [5.74, 6) is -0.442. The van der Waals surface area contributed by atoms with Gasteiger partial charge < -0.3 is 10.8 Å². The summed E-state index contributed by atoms with van der Waals surface area (Å²) in [5.41, 5.74) is 5.32. The fourth-order valence-electron chi connectivity index (χ4n) is 0.506. The van der Waals surface area contributed by atoms with Gasteiger partial charge in [0.15, 0.2) is 0 Å². The highest BCUT2D eigenvalue weighted by Crippen LogP contribution is 1.94. The topological polar surface area (TPSA) is 75.8 Å². The zero-order valence-electron chi connectivity index (χ0n) is 6.94. The first-order valence-electron chi connectivity index (χ1n) is 3.26. The minimum atomic E-state index is -0.917. The molecule has 0 heterocycles. The summed E-state index contributed by atoms with van der Waals surface area (Å²) in [5, 5.41) is 9.89. The molecule has 0 aromatic rings. The SMILES string of the molecule is CON(C)C(=O)[C@@H](N)[C@@H](C)O. The van der Waals surface area contributed by atoms with Crippen molar-refractivity contribution in [1.29, 1.82) is 0 Å². The molecule has 0 aliphatic carbocycles. The number of rotatable bonds is 3. The maximum absolute atomic E-state index is 11.0. The standard InChI is InChI=1S/C6H14N2O3/c1-4(9)5(7)6(10)8(2)11-3/h4-5,9H,7H2,1-3H3/t4-,5+/m1/s1. The second-order valence-electron chi connectivity index (χ2n) is 2.28. The Hall–Kier alpha value is -0.650. The number of amides is 1. The molecule has 5 nitrogen and oxygen atoms in total. The predicted molar refractivity (Wildman–Crippen MR) is 39.4 cm³/mol. The van der Waals surface area contributed by atoms with Crippen LogP contribution in [0.1, 0.15) is 6.92 Å². The van der Waals surface area contributed by atoms with Crippen molar-refractivity contribution < 1.29 is 14.7 Å². The van der Waals surface area contributed by atoms with Crippen LogP contribution in [0.25, 0.3) is 0 Å². The molecule has 0 unspecified atom stereocenters. The van der Waals surface area contributed by atoms with Gasteiger partial charge in [-0.1, -0.05) is 0 Å². The quantitative estimate of drug-likeness (QED) is 0.506. The molecule has 0 aliphatic heterocycles. The van der Waals surface area contributed by atoms with Crippen LogP contribution in [-0.4, -0.2) is 42.4 Å². The first-order chi connectivity index (χ1) is 5.00. The normalized spacial score (nSPS) is 15.7. The van der Waals surface area contributed by atoms with E-state index in [0.29, 0.717) is 0 Å². The Morgan fingerprint density at radius 1 is 1.73 bits per heavy atom. The molecule has 0 aromatic heterocycles. The maximum Gasteiger partial charge on any atom is 0.265 e. The summed E-state index contributed by atoms with van der Waals surface area (Å²) in [7, 11) is 2.79. The Morgan fingerprint density at radius 3 is 2.45 bits per heavy atom. The number of hydrogen-bond acceptors (Lipinski definition) is 4. The Balaban J connectivity index is 4.02. The van der Waals surface area contributed by atoms with Crippen LogP contribution in [-0.2, 0) is 9.63 Å². The highest BCUT2D eigenvalue weighted by Gasteiger charge is 2.22. The number of nitrogens with zero attached hydrogens (tertiary/aromatic N) is 1. The van der Waals surface area contributed by atoms with Crippen LogP contribution in [0.5, 0.6) is 0 Å². The van der Waals surface area contributed by atoms with Gasteiger partial charge in [-0.3, -0.25) is 9.63 Å². The molecule has 0 spiro atoms. The fraction of sp³-hybridized carbons (Fsp3) is 0.833. The van der Waals surface area contributed by atoms with Crippen molar-refractivity contribution in [2.24, 2.45) is 5.73 Å². The van der Waals surface area contributed by atoms with Gasteiger partial charge in [-0.2, -0.15) is 0 Å². The molecule has 0 fully saturated rings. The van der Waals surface area contributed by atoms with Crippen LogP contribution in [0.3, 0.4) is 0 Å². The van der Waals surface area contributed by atoms with Crippen LogP contribution in [0.15, 0.2) is 0 Å². The van der Waals surface area contributed by atoms with E-state index in [1.165, 1.54) is 21.1 Å². The van der Waals surface area contributed by atoms with E-state index in [4.69, 9.17) is 10.8 Å². The predicted octanol–water partition coefficient (Wildman–Crippen LogP) is -1.29. The van der Waals surface area contributed by atoms with Crippen LogP contribution >= 0.6 is 0 Å². The Morgan fingerprint density at radius 2 is 2.18 bits per heavy atom. The summed E-state index contributed by atoms with van der Waals surface area (Å²) < 4.78 is 0. The van der Waals surface area contributed by atoms with E-state index in [9.17, 15) is 4.79 Å². The van der Waals surface area contributed by atoms with Gasteiger partial charge in [0, 0.05) is 7.05 Å². The third kappa shape index (κ3) is 2.83. The second kappa shape index (κ2) is 4.27. The van der Waals surface area contributed by atoms with Gasteiger partial charge in [0.05, 0.1) is 13.2 Å². The summed E-state index contributed by atoms with van der Waals surface area (Å²) in [4.78, 5) is 15.6. The van der Waals surface area contributed by atoms with E-state index in [0.717, 1.165) is 5.06 Å². The Bertz CT molecular complexity index is 138. The van der Waals surface area contributed by atoms with Gasteiger partial charge in [0.2, 0.25) is 0 Å². The first kappa shape index (κ1) is 10.3. The smallest absolute Gasteiger partial charge is 0.265 e. The van der Waals surface area contributed by atoms with Crippen molar-refractivity contribution in [2.75, 3.05) is 14.2 Å². The van der Waals surface area contributed by atoms with E-state index in [1.807, 2.05) is 0 Å². The summed E-state index contributed by atoms with van der Waals surface area (Å²) in [6, 6.07) is -0.917. The van der Waals surface area contributed by atoms with Crippen molar-refractivity contribution in [1.82, 2.24) is 5.06 Å². The third-order valence-electron chi connectivity index (χ3n) is 1.39. The first-order valence-corrected chi connectivity index (χ1v) is 3.26. The van der Waals surface area contributed by atoms with Gasteiger partial charge in [-0.05, 0) is 6.92 Å². The molecule has 0 aromatic carbocycles. The van der Waals surface area contributed by atoms with E-state index in [-0.39, 0.29) is 0 Å². The van der Waals surface area contributed by atoms with Gasteiger partial charge in [0.25, 0.3) is 5.91 Å². The summed E-state index contributed by atoms with van der Waals surface area (Å²) in [6.07, 6.45) is -0.861. The van der Waals surface area contributed by atoms with E-state index in [1.54, 1.807) is 0 Å². The van der Waals surface area contributed by atoms with Crippen molar-refractivity contribution in [3.05, 3.63) is 0 Å². The minimum absolute atomic E-state index is 0.442. The molecule has 0 aliphatic rings. The lowest BCUT2D eigenvalue weighted by atomic mass is 10.2. The second-order valence-corrected chi connectivity index (χ2v) is 2.28. The number of carbonyl (C=O) groups is 1. The molecule has 5 heteroatoms. The Labute approximate surface area is 65.7 Å². The molecule has 0 rings (SSSR count). The number of nitrogens with two attached hydrogens (primary N) is 1. The van der Waals surface area contributed by atoms with Crippen LogP contribution < -0.4 is 5.73 Å².